The molecule has 6 nitrogen and oxygen atoms in total. The molecular weight excluding hydrogens is 382 g/mol. The van der Waals surface area contributed by atoms with E-state index in [4.69, 9.17) is 4.98 Å². The van der Waals surface area contributed by atoms with Crippen LogP contribution >= 0.6 is 11.3 Å². The molecule has 7 heteroatoms. The van der Waals surface area contributed by atoms with Crippen LogP contribution in [0.1, 0.15) is 10.4 Å². The number of imidazole rings is 1. The van der Waals surface area contributed by atoms with Gasteiger partial charge in [-0.25, -0.2) is 9.97 Å². The molecule has 0 saturated carbocycles. The van der Waals surface area contributed by atoms with Gasteiger partial charge in [0.1, 0.15) is 0 Å². The summed E-state index contributed by atoms with van der Waals surface area (Å²) in [4.78, 5) is 24.8. The maximum Gasteiger partial charge on any atom is 0.257 e. The fourth-order valence-corrected chi connectivity index (χ4v) is 4.00. The van der Waals surface area contributed by atoms with Crippen LogP contribution in [0.15, 0.2) is 67.0 Å². The van der Waals surface area contributed by atoms with Gasteiger partial charge in [-0.2, -0.15) is 0 Å². The maximum atomic E-state index is 12.7. The summed E-state index contributed by atoms with van der Waals surface area (Å²) in [5.41, 5.74) is 3.42. The number of aryl methyl sites for hydroxylation is 1. The van der Waals surface area contributed by atoms with Crippen molar-refractivity contribution in [2.24, 2.45) is 7.05 Å². The topological polar surface area (TPSA) is 63.1 Å². The van der Waals surface area contributed by atoms with Crippen LogP contribution in [0.2, 0.25) is 0 Å². The van der Waals surface area contributed by atoms with E-state index in [-0.39, 0.29) is 5.91 Å². The zero-order valence-corrected chi connectivity index (χ0v) is 17.3. The van der Waals surface area contributed by atoms with Gasteiger partial charge in [0, 0.05) is 50.4 Å². The Morgan fingerprint density at radius 1 is 1.07 bits per heavy atom. The minimum atomic E-state index is -0.185. The normalized spacial score (nSPS) is 10.7. The number of aromatic nitrogens is 3. The molecule has 1 amide bonds. The van der Waals surface area contributed by atoms with Crippen LogP contribution in [0.5, 0.6) is 0 Å². The highest BCUT2D eigenvalue weighted by molar-refractivity contribution is 7.19. The van der Waals surface area contributed by atoms with Crippen molar-refractivity contribution in [1.82, 2.24) is 14.5 Å². The number of carbonyl (C=O) groups is 1. The number of hydrogen-bond donors (Lipinski definition) is 1. The Morgan fingerprint density at radius 2 is 1.79 bits per heavy atom. The molecule has 0 spiro atoms. The number of hydrogen-bond acceptors (Lipinski definition) is 5. The van der Waals surface area contributed by atoms with Gasteiger partial charge in [0.15, 0.2) is 11.0 Å². The lowest BCUT2D eigenvalue weighted by Gasteiger charge is -2.12. The van der Waals surface area contributed by atoms with Crippen molar-refractivity contribution < 1.29 is 4.79 Å². The first kappa shape index (κ1) is 18.9. The Labute approximate surface area is 173 Å². The lowest BCUT2D eigenvalue weighted by Crippen LogP contribution is -2.13. The summed E-state index contributed by atoms with van der Waals surface area (Å²) >= 11 is 1.42. The minimum absolute atomic E-state index is 0.185. The largest absolute Gasteiger partial charge is 0.378 e. The summed E-state index contributed by atoms with van der Waals surface area (Å²) in [5, 5.41) is 3.48. The molecule has 2 heterocycles. The average molecular weight is 404 g/mol. The second kappa shape index (κ2) is 7.89. The Kier molecular flexibility index (Phi) is 5.14. The molecule has 4 rings (SSSR count). The highest BCUT2D eigenvalue weighted by Gasteiger charge is 2.19. The molecule has 2 aromatic carbocycles. The van der Waals surface area contributed by atoms with Gasteiger partial charge in [0.25, 0.3) is 5.91 Å². The first-order chi connectivity index (χ1) is 14.0. The zero-order chi connectivity index (χ0) is 20.4. The number of carbonyl (C=O) groups excluding carboxylic acids is 1. The molecule has 1 N–H and O–H groups in total. The average Bonchev–Trinajstić information content (AvgIpc) is 3.34. The smallest absolute Gasteiger partial charge is 0.257 e. The molecule has 0 saturated heterocycles. The van der Waals surface area contributed by atoms with E-state index in [1.807, 2.05) is 91.4 Å². The van der Waals surface area contributed by atoms with Crippen LogP contribution in [0.3, 0.4) is 0 Å². The molecule has 0 atom stereocenters. The molecule has 146 valence electrons. The second-order valence-corrected chi connectivity index (χ2v) is 7.82. The predicted molar refractivity (Wildman–Crippen MR) is 118 cm³/mol. The van der Waals surface area contributed by atoms with E-state index in [0.29, 0.717) is 10.7 Å². The van der Waals surface area contributed by atoms with Crippen LogP contribution in [-0.2, 0) is 7.05 Å². The molecule has 29 heavy (non-hydrogen) atoms. The van der Waals surface area contributed by atoms with Crippen molar-refractivity contribution in [2.75, 3.05) is 24.3 Å². The maximum absolute atomic E-state index is 12.7. The number of nitrogens with zero attached hydrogens (tertiary/aromatic N) is 4. The second-order valence-electron chi connectivity index (χ2n) is 6.82. The van der Waals surface area contributed by atoms with Gasteiger partial charge >= 0.3 is 0 Å². The van der Waals surface area contributed by atoms with Crippen LogP contribution in [0.4, 0.5) is 10.8 Å². The summed E-state index contributed by atoms with van der Waals surface area (Å²) < 4.78 is 1.95. The van der Waals surface area contributed by atoms with Crippen molar-refractivity contribution in [1.29, 1.82) is 0 Å². The monoisotopic (exact) mass is 403 g/mol. The zero-order valence-electron chi connectivity index (χ0n) is 16.5. The molecule has 0 bridgehead atoms. The highest BCUT2D eigenvalue weighted by Crippen LogP contribution is 2.38. The lowest BCUT2D eigenvalue weighted by molar-refractivity contribution is 0.102. The number of thiazole rings is 1. The molecule has 0 aliphatic carbocycles. The van der Waals surface area contributed by atoms with E-state index >= 15 is 0 Å². The Balaban J connectivity index is 1.67. The third-order valence-corrected chi connectivity index (χ3v) is 5.53. The Hall–Kier alpha value is -3.45. The van der Waals surface area contributed by atoms with Crippen LogP contribution < -0.4 is 10.2 Å². The van der Waals surface area contributed by atoms with Crippen LogP contribution in [-0.4, -0.2) is 34.5 Å². The van der Waals surface area contributed by atoms with Gasteiger partial charge in [-0.1, -0.05) is 41.7 Å². The molecule has 0 radical (unpaired) electrons. The Morgan fingerprint density at radius 3 is 2.41 bits per heavy atom. The van der Waals surface area contributed by atoms with Crippen molar-refractivity contribution >= 4 is 28.1 Å². The molecule has 2 aromatic heterocycles. The van der Waals surface area contributed by atoms with Gasteiger partial charge in [-0.3, -0.25) is 10.1 Å². The van der Waals surface area contributed by atoms with Crippen molar-refractivity contribution in [3.8, 4) is 22.0 Å². The number of anilines is 2. The molecule has 0 unspecified atom stereocenters. The predicted octanol–water partition coefficient (Wildman–Crippen LogP) is 4.53. The molecule has 4 aromatic rings. The quantitative estimate of drug-likeness (QED) is 0.532. The van der Waals surface area contributed by atoms with Gasteiger partial charge in [0.05, 0.1) is 10.6 Å². The standard InChI is InChI=1S/C22H21N5OS/c1-26(2)17-11-9-16(10-12-17)21(28)25-22-24-18(15-7-5-4-6-8-15)19(29-22)20-23-13-14-27(20)3/h4-14H,1-3H3,(H,24,25,28). The van der Waals surface area contributed by atoms with E-state index in [2.05, 4.69) is 10.3 Å². The SMILES string of the molecule is CN(C)c1ccc(C(=O)Nc2nc(-c3ccccc3)c(-c3nccn3C)s2)cc1. The number of benzene rings is 2. The van der Waals surface area contributed by atoms with Gasteiger partial charge < -0.3 is 9.47 Å². The summed E-state index contributed by atoms with van der Waals surface area (Å²) in [7, 11) is 5.88. The fourth-order valence-electron chi connectivity index (χ4n) is 2.98. The molecule has 0 aliphatic rings. The number of rotatable bonds is 5. The number of amides is 1. The fraction of sp³-hybridized carbons (Fsp3) is 0.136. The molecule has 0 fully saturated rings. The summed E-state index contributed by atoms with van der Waals surface area (Å²) in [6, 6.07) is 17.4. The van der Waals surface area contributed by atoms with Crippen molar-refractivity contribution in [3.63, 3.8) is 0 Å². The first-order valence-corrected chi connectivity index (χ1v) is 9.97. The van der Waals surface area contributed by atoms with Crippen molar-refractivity contribution in [3.05, 3.63) is 72.6 Å². The Bertz CT molecular complexity index is 1130. The van der Waals surface area contributed by atoms with E-state index < -0.39 is 0 Å². The van der Waals surface area contributed by atoms with Gasteiger partial charge in [-0.05, 0) is 24.3 Å². The third kappa shape index (κ3) is 3.90. The van der Waals surface area contributed by atoms with Crippen LogP contribution in [0, 0.1) is 0 Å². The summed E-state index contributed by atoms with van der Waals surface area (Å²) in [6.07, 6.45) is 3.66. The van der Waals surface area contributed by atoms with Gasteiger partial charge in [0.2, 0.25) is 0 Å². The van der Waals surface area contributed by atoms with Crippen LogP contribution in [0.25, 0.3) is 22.0 Å². The summed E-state index contributed by atoms with van der Waals surface area (Å²) in [5.74, 6) is 0.632. The minimum Gasteiger partial charge on any atom is -0.378 e. The summed E-state index contributed by atoms with van der Waals surface area (Å²) in [6.45, 7) is 0. The lowest BCUT2D eigenvalue weighted by atomic mass is 10.1. The van der Waals surface area contributed by atoms with E-state index in [0.717, 1.165) is 27.6 Å². The van der Waals surface area contributed by atoms with Gasteiger partial charge in [-0.15, -0.1) is 0 Å². The third-order valence-electron chi connectivity index (χ3n) is 4.57. The van der Waals surface area contributed by atoms with E-state index in [9.17, 15) is 4.79 Å². The number of nitrogens with one attached hydrogen (secondary N) is 1. The first-order valence-electron chi connectivity index (χ1n) is 9.15. The van der Waals surface area contributed by atoms with Crippen molar-refractivity contribution in [2.45, 2.75) is 0 Å². The molecule has 0 aliphatic heterocycles. The van der Waals surface area contributed by atoms with E-state index in [1.54, 1.807) is 6.20 Å². The van der Waals surface area contributed by atoms with E-state index in [1.165, 1.54) is 11.3 Å². The highest BCUT2D eigenvalue weighted by atomic mass is 32.1. The molecular formula is C22H21N5OS.